The van der Waals surface area contributed by atoms with Gasteiger partial charge in [-0.3, -0.25) is 4.55 Å². The van der Waals surface area contributed by atoms with Crippen LogP contribution in [0.4, 0.5) is 0 Å². The summed E-state index contributed by atoms with van der Waals surface area (Å²) in [6.45, 7) is 1.66. The van der Waals surface area contributed by atoms with Crippen molar-refractivity contribution in [1.29, 1.82) is 0 Å². The minimum atomic E-state index is -3.94. The van der Waals surface area contributed by atoms with E-state index in [1.807, 2.05) is 0 Å². The molecule has 5 nitrogen and oxygen atoms in total. The van der Waals surface area contributed by atoms with E-state index in [-0.39, 0.29) is 53.6 Å². The third-order valence-electron chi connectivity index (χ3n) is 1.09. The van der Waals surface area contributed by atoms with Crippen LogP contribution in [0.25, 0.3) is 0 Å². The van der Waals surface area contributed by atoms with Gasteiger partial charge >= 0.3 is 43.7 Å². The molecule has 0 radical (unpaired) electrons. The predicted octanol–water partition coefficient (Wildman–Crippen LogP) is 0.228. The van der Waals surface area contributed by atoms with Gasteiger partial charge in [0.2, 0.25) is 0 Å². The topological polar surface area (TPSA) is 80.7 Å². The Kier molecular flexibility index (Phi) is 10.4. The van der Waals surface area contributed by atoms with Crippen molar-refractivity contribution in [2.24, 2.45) is 0 Å². The zero-order valence-electron chi connectivity index (χ0n) is 9.97. The first-order valence-electron chi connectivity index (χ1n) is 3.70. The molecule has 80 valence electrons. The molecule has 0 aliphatic carbocycles. The van der Waals surface area contributed by atoms with Gasteiger partial charge in [0.1, 0.15) is 0 Å². The van der Waals surface area contributed by atoms with Crippen molar-refractivity contribution in [3.8, 4) is 0 Å². The van der Waals surface area contributed by atoms with Gasteiger partial charge in [0.25, 0.3) is 10.1 Å². The molecule has 0 rings (SSSR count). The second kappa shape index (κ2) is 8.67. The Balaban J connectivity index is -0.000000240. The number of rotatable bonds is 5. The van der Waals surface area contributed by atoms with Crippen LogP contribution in [0.15, 0.2) is 12.2 Å². The Bertz CT molecular complexity index is 291. The van der Waals surface area contributed by atoms with Crippen LogP contribution < -0.4 is 0 Å². The molecule has 0 aromatic heterocycles. The minimum Gasteiger partial charge on any atom is -1.00 e. The normalized spacial score (nSPS) is 11.0. The molecule has 0 heterocycles. The molecule has 0 aromatic carbocycles. The van der Waals surface area contributed by atoms with E-state index in [1.165, 1.54) is 12.2 Å². The third-order valence-corrected chi connectivity index (χ3v) is 1.90. The van der Waals surface area contributed by atoms with Crippen molar-refractivity contribution < 1.29 is 25.4 Å². The van der Waals surface area contributed by atoms with Crippen molar-refractivity contribution in [3.63, 3.8) is 0 Å². The Morgan fingerprint density at radius 2 is 2.14 bits per heavy atom. The summed E-state index contributed by atoms with van der Waals surface area (Å²) in [5.74, 6) is -0.909. The SMILES string of the molecule is CC=CC(=O)OCCCS(=O)(=O)O.[Ca+2].[H-].[H-]. The first kappa shape index (κ1) is 16.8. The molecule has 0 aliphatic rings. The first-order chi connectivity index (χ1) is 5.95. The summed E-state index contributed by atoms with van der Waals surface area (Å²) in [4.78, 5) is 10.6. The molecular formula is C7H14CaO5S. The van der Waals surface area contributed by atoms with Crippen molar-refractivity contribution in [2.75, 3.05) is 12.4 Å². The van der Waals surface area contributed by atoms with Crippen LogP contribution in [0.2, 0.25) is 0 Å². The summed E-state index contributed by atoms with van der Waals surface area (Å²) in [5.41, 5.74) is 0. The van der Waals surface area contributed by atoms with Gasteiger partial charge in [-0.1, -0.05) is 6.08 Å². The maximum absolute atomic E-state index is 10.6. The molecule has 0 atom stereocenters. The average Bonchev–Trinajstić information content (AvgIpc) is 1.97. The molecule has 0 amide bonds. The quantitative estimate of drug-likeness (QED) is 0.248. The van der Waals surface area contributed by atoms with Gasteiger partial charge in [-0.05, 0) is 13.3 Å². The fourth-order valence-electron chi connectivity index (χ4n) is 0.598. The zero-order valence-corrected chi connectivity index (χ0v) is 11.0. The minimum absolute atomic E-state index is 0. The number of carbonyl (C=O) groups excluding carboxylic acids is 1. The molecule has 0 spiro atoms. The molecule has 0 aromatic rings. The maximum Gasteiger partial charge on any atom is 2.00 e. The molecule has 14 heavy (non-hydrogen) atoms. The Morgan fingerprint density at radius 1 is 1.57 bits per heavy atom. The molecule has 0 unspecified atom stereocenters. The van der Waals surface area contributed by atoms with Gasteiger partial charge in [-0.15, -0.1) is 0 Å². The van der Waals surface area contributed by atoms with Gasteiger partial charge < -0.3 is 7.59 Å². The monoisotopic (exact) mass is 250 g/mol. The number of ether oxygens (including phenoxy) is 1. The van der Waals surface area contributed by atoms with E-state index in [0.717, 1.165) is 0 Å². The summed E-state index contributed by atoms with van der Waals surface area (Å²) in [6, 6.07) is 0. The van der Waals surface area contributed by atoms with Crippen molar-refractivity contribution in [1.82, 2.24) is 0 Å². The van der Waals surface area contributed by atoms with Gasteiger partial charge in [-0.25, -0.2) is 4.79 Å². The molecule has 0 saturated carbocycles. The number of carbonyl (C=O) groups is 1. The molecular weight excluding hydrogens is 236 g/mol. The Hall–Kier alpha value is 0.380. The number of allylic oxidation sites excluding steroid dienone is 1. The van der Waals surface area contributed by atoms with Crippen LogP contribution >= 0.6 is 0 Å². The van der Waals surface area contributed by atoms with Gasteiger partial charge in [-0.2, -0.15) is 8.42 Å². The average molecular weight is 250 g/mol. The molecule has 1 N–H and O–H groups in total. The van der Waals surface area contributed by atoms with Crippen LogP contribution in [-0.4, -0.2) is 69.0 Å². The maximum atomic E-state index is 10.6. The van der Waals surface area contributed by atoms with E-state index in [1.54, 1.807) is 6.92 Å². The number of hydrogen-bond acceptors (Lipinski definition) is 4. The predicted molar refractivity (Wildman–Crippen MR) is 54.8 cm³/mol. The number of esters is 1. The fourth-order valence-corrected chi connectivity index (χ4v) is 1.08. The van der Waals surface area contributed by atoms with Crippen LogP contribution in [-0.2, 0) is 19.6 Å². The first-order valence-corrected chi connectivity index (χ1v) is 5.31. The zero-order chi connectivity index (χ0) is 10.3. The molecule has 0 fully saturated rings. The van der Waals surface area contributed by atoms with Crippen molar-refractivity contribution in [3.05, 3.63) is 12.2 Å². The smallest absolute Gasteiger partial charge is 1.00 e. The van der Waals surface area contributed by atoms with E-state index in [0.29, 0.717) is 0 Å². The summed E-state index contributed by atoms with van der Waals surface area (Å²) in [6.07, 6.45) is 2.85. The van der Waals surface area contributed by atoms with E-state index in [2.05, 4.69) is 4.74 Å². The molecule has 7 heteroatoms. The van der Waals surface area contributed by atoms with Crippen molar-refractivity contribution in [2.45, 2.75) is 13.3 Å². The molecule has 0 aliphatic heterocycles. The Morgan fingerprint density at radius 3 is 2.57 bits per heavy atom. The van der Waals surface area contributed by atoms with Crippen LogP contribution in [0.3, 0.4) is 0 Å². The van der Waals surface area contributed by atoms with Crippen LogP contribution in [0.5, 0.6) is 0 Å². The van der Waals surface area contributed by atoms with E-state index in [9.17, 15) is 13.2 Å². The van der Waals surface area contributed by atoms with Crippen molar-refractivity contribution >= 4 is 53.8 Å². The summed E-state index contributed by atoms with van der Waals surface area (Å²) < 4.78 is 33.3. The summed E-state index contributed by atoms with van der Waals surface area (Å²) in [5, 5.41) is 0. The largest absolute Gasteiger partial charge is 2.00 e. The van der Waals surface area contributed by atoms with Gasteiger partial charge in [0.05, 0.1) is 12.4 Å². The second-order valence-corrected chi connectivity index (χ2v) is 3.88. The second-order valence-electron chi connectivity index (χ2n) is 2.31. The van der Waals surface area contributed by atoms with Crippen LogP contribution in [0.1, 0.15) is 16.2 Å². The van der Waals surface area contributed by atoms with Crippen LogP contribution in [0, 0.1) is 0 Å². The summed E-state index contributed by atoms with van der Waals surface area (Å²) in [7, 11) is -3.94. The molecule has 0 bridgehead atoms. The molecule has 0 saturated heterocycles. The van der Waals surface area contributed by atoms with E-state index < -0.39 is 21.8 Å². The number of hydrogen-bond donors (Lipinski definition) is 1. The Labute approximate surface area is 116 Å². The standard InChI is InChI=1S/C7H12O5S.Ca.2H/c1-2-4-7(8)12-5-3-6-13(9,10)11;;;/h2,4H,3,5-6H2,1H3,(H,9,10,11);;;/q;+2;2*-1. The van der Waals surface area contributed by atoms with E-state index in [4.69, 9.17) is 4.55 Å². The van der Waals surface area contributed by atoms with E-state index >= 15 is 0 Å². The fraction of sp³-hybridized carbons (Fsp3) is 0.571. The van der Waals surface area contributed by atoms with Gasteiger partial charge in [0, 0.05) is 6.08 Å². The van der Waals surface area contributed by atoms with Gasteiger partial charge in [0.15, 0.2) is 0 Å². The third kappa shape index (κ3) is 12.4. The summed E-state index contributed by atoms with van der Waals surface area (Å²) >= 11 is 0.